The van der Waals surface area contributed by atoms with Crippen LogP contribution in [0.15, 0.2) is 42.6 Å². The number of hydrogen-bond donors (Lipinski definition) is 1. The van der Waals surface area contributed by atoms with Crippen molar-refractivity contribution < 1.29 is 9.53 Å². The molecule has 1 amide bonds. The zero-order chi connectivity index (χ0) is 16.1. The van der Waals surface area contributed by atoms with Gasteiger partial charge in [-0.25, -0.2) is 0 Å². The van der Waals surface area contributed by atoms with E-state index in [-0.39, 0.29) is 5.91 Å². The van der Waals surface area contributed by atoms with Gasteiger partial charge in [0, 0.05) is 6.20 Å². The molecule has 4 heteroatoms. The van der Waals surface area contributed by atoms with E-state index in [2.05, 4.69) is 22.4 Å². The Kier molecular flexibility index (Phi) is 4.91. The fraction of sp³-hybridized carbons (Fsp3) is 0.368. The average molecular weight is 310 g/mol. The Balaban J connectivity index is 1.55. The number of ether oxygens (including phenoxy) is 1. The van der Waals surface area contributed by atoms with Crippen LogP contribution in [-0.4, -0.2) is 17.0 Å². The summed E-state index contributed by atoms with van der Waals surface area (Å²) in [7, 11) is 0. The lowest BCUT2D eigenvalue weighted by molar-refractivity contribution is -0.127. The maximum absolute atomic E-state index is 12.1. The average Bonchev–Trinajstić information content (AvgIpc) is 2.60. The van der Waals surface area contributed by atoms with Gasteiger partial charge in [-0.15, -0.1) is 0 Å². The first kappa shape index (κ1) is 15.5. The molecule has 0 aliphatic heterocycles. The lowest BCUT2D eigenvalue weighted by atomic mass is 9.92. The fourth-order valence-corrected chi connectivity index (χ4v) is 2.86. The summed E-state index contributed by atoms with van der Waals surface area (Å²) in [5, 5.41) is 2.85. The number of nitrogens with zero attached hydrogens (tertiary/aromatic N) is 1. The summed E-state index contributed by atoms with van der Waals surface area (Å²) < 4.78 is 5.80. The zero-order valence-electron chi connectivity index (χ0n) is 13.4. The van der Waals surface area contributed by atoms with E-state index < -0.39 is 6.10 Å². The topological polar surface area (TPSA) is 51.2 Å². The first-order valence-corrected chi connectivity index (χ1v) is 8.18. The number of benzene rings is 1. The smallest absolute Gasteiger partial charge is 0.261 e. The number of carbonyl (C=O) groups is 1. The van der Waals surface area contributed by atoms with Gasteiger partial charge in [0.25, 0.3) is 5.91 Å². The molecule has 23 heavy (non-hydrogen) atoms. The van der Waals surface area contributed by atoms with Crippen molar-refractivity contribution in [3.63, 3.8) is 0 Å². The number of rotatable bonds is 5. The molecule has 1 atom stereocenters. The van der Waals surface area contributed by atoms with Crippen LogP contribution in [0.4, 0.5) is 0 Å². The van der Waals surface area contributed by atoms with Crippen LogP contribution in [-0.2, 0) is 24.2 Å². The van der Waals surface area contributed by atoms with Crippen molar-refractivity contribution in [2.75, 3.05) is 0 Å². The maximum Gasteiger partial charge on any atom is 0.261 e. The summed E-state index contributed by atoms with van der Waals surface area (Å²) in [5.74, 6) is 0.638. The van der Waals surface area contributed by atoms with E-state index in [1.165, 1.54) is 24.0 Å². The summed E-state index contributed by atoms with van der Waals surface area (Å²) in [4.78, 5) is 16.3. The van der Waals surface area contributed by atoms with Crippen molar-refractivity contribution in [2.45, 2.75) is 45.3 Å². The molecular weight excluding hydrogens is 288 g/mol. The molecule has 2 aromatic rings. The highest BCUT2D eigenvalue weighted by molar-refractivity contribution is 5.80. The second-order valence-electron chi connectivity index (χ2n) is 5.94. The molecule has 3 rings (SSSR count). The largest absolute Gasteiger partial charge is 0.481 e. The van der Waals surface area contributed by atoms with Gasteiger partial charge in [-0.2, -0.15) is 0 Å². The molecule has 1 aliphatic carbocycles. The molecule has 1 aromatic carbocycles. The Hall–Kier alpha value is -2.36. The number of fused-ring (bicyclic) bond motifs is 1. The highest BCUT2D eigenvalue weighted by Gasteiger charge is 2.16. The molecule has 0 bridgehead atoms. The molecule has 1 aromatic heterocycles. The molecule has 0 saturated heterocycles. The van der Waals surface area contributed by atoms with Crippen molar-refractivity contribution in [2.24, 2.45) is 0 Å². The number of aryl methyl sites for hydroxylation is 2. The lowest BCUT2D eigenvalue weighted by Gasteiger charge is -2.19. The quantitative estimate of drug-likeness (QED) is 0.923. The van der Waals surface area contributed by atoms with Gasteiger partial charge >= 0.3 is 0 Å². The van der Waals surface area contributed by atoms with E-state index in [0.717, 1.165) is 24.3 Å². The molecule has 0 radical (unpaired) electrons. The minimum atomic E-state index is -0.527. The Morgan fingerprint density at radius 2 is 2.04 bits per heavy atom. The van der Waals surface area contributed by atoms with Gasteiger partial charge in [-0.3, -0.25) is 9.78 Å². The summed E-state index contributed by atoms with van der Waals surface area (Å²) in [5.41, 5.74) is 3.60. The van der Waals surface area contributed by atoms with Crippen LogP contribution in [0.5, 0.6) is 5.75 Å². The van der Waals surface area contributed by atoms with Crippen molar-refractivity contribution in [1.82, 2.24) is 10.3 Å². The molecule has 0 saturated carbocycles. The molecule has 0 spiro atoms. The van der Waals surface area contributed by atoms with Gasteiger partial charge in [0.2, 0.25) is 0 Å². The van der Waals surface area contributed by atoms with Crippen molar-refractivity contribution in [3.8, 4) is 5.75 Å². The Labute approximate surface area is 136 Å². The third kappa shape index (κ3) is 4.09. The fourth-order valence-electron chi connectivity index (χ4n) is 2.86. The number of carbonyl (C=O) groups excluding carboxylic acids is 1. The highest BCUT2D eigenvalue weighted by atomic mass is 16.5. The van der Waals surface area contributed by atoms with Crippen LogP contribution >= 0.6 is 0 Å². The van der Waals surface area contributed by atoms with Crippen molar-refractivity contribution in [3.05, 3.63) is 59.4 Å². The Morgan fingerprint density at radius 3 is 2.83 bits per heavy atom. The number of hydrogen-bond acceptors (Lipinski definition) is 3. The van der Waals surface area contributed by atoms with Gasteiger partial charge in [0.05, 0.1) is 12.2 Å². The number of aromatic nitrogens is 1. The molecule has 1 unspecified atom stereocenters. The molecule has 4 nitrogen and oxygen atoms in total. The molecule has 120 valence electrons. The van der Waals surface area contributed by atoms with Crippen LogP contribution in [0.1, 0.15) is 36.6 Å². The minimum absolute atomic E-state index is 0.131. The highest BCUT2D eigenvalue weighted by Crippen LogP contribution is 2.25. The minimum Gasteiger partial charge on any atom is -0.481 e. The zero-order valence-corrected chi connectivity index (χ0v) is 13.4. The third-order valence-corrected chi connectivity index (χ3v) is 4.17. The first-order chi connectivity index (χ1) is 11.2. The van der Waals surface area contributed by atoms with E-state index in [1.807, 2.05) is 24.3 Å². The lowest BCUT2D eigenvalue weighted by Crippen LogP contribution is -2.36. The second-order valence-corrected chi connectivity index (χ2v) is 5.94. The maximum atomic E-state index is 12.1. The van der Waals surface area contributed by atoms with Gasteiger partial charge in [0.1, 0.15) is 5.75 Å². The van der Waals surface area contributed by atoms with Crippen LogP contribution < -0.4 is 10.1 Å². The molecule has 1 N–H and O–H groups in total. The predicted molar refractivity (Wildman–Crippen MR) is 89.3 cm³/mol. The Bertz CT molecular complexity index is 670. The molecule has 0 fully saturated rings. The normalized spacial score (nSPS) is 14.7. The van der Waals surface area contributed by atoms with E-state index in [0.29, 0.717) is 6.54 Å². The SMILES string of the molecule is CC(Oc1ccc2c(c1)CCCC2)C(=O)NCc1ccccn1. The number of pyridine rings is 1. The summed E-state index contributed by atoms with van der Waals surface area (Å²) in [6.07, 6.45) is 5.94. The van der Waals surface area contributed by atoms with Gasteiger partial charge in [-0.1, -0.05) is 12.1 Å². The summed E-state index contributed by atoms with van der Waals surface area (Å²) >= 11 is 0. The third-order valence-electron chi connectivity index (χ3n) is 4.17. The molecule has 1 heterocycles. The van der Waals surface area contributed by atoms with Crippen LogP contribution in [0, 0.1) is 0 Å². The molecular formula is C19H22N2O2. The Morgan fingerprint density at radius 1 is 1.22 bits per heavy atom. The monoisotopic (exact) mass is 310 g/mol. The van der Waals surface area contributed by atoms with E-state index in [1.54, 1.807) is 13.1 Å². The first-order valence-electron chi connectivity index (χ1n) is 8.18. The summed E-state index contributed by atoms with van der Waals surface area (Å²) in [6.45, 7) is 2.19. The van der Waals surface area contributed by atoms with E-state index >= 15 is 0 Å². The van der Waals surface area contributed by atoms with Gasteiger partial charge < -0.3 is 10.1 Å². The summed E-state index contributed by atoms with van der Waals surface area (Å²) in [6, 6.07) is 11.8. The van der Waals surface area contributed by atoms with Crippen LogP contribution in [0.2, 0.25) is 0 Å². The van der Waals surface area contributed by atoms with Gasteiger partial charge in [0.15, 0.2) is 6.10 Å². The van der Waals surface area contributed by atoms with Crippen LogP contribution in [0.25, 0.3) is 0 Å². The molecule has 1 aliphatic rings. The van der Waals surface area contributed by atoms with E-state index in [9.17, 15) is 4.79 Å². The van der Waals surface area contributed by atoms with E-state index in [4.69, 9.17) is 4.74 Å². The second kappa shape index (κ2) is 7.27. The van der Waals surface area contributed by atoms with Gasteiger partial charge in [-0.05, 0) is 68.0 Å². The predicted octanol–water partition coefficient (Wildman–Crippen LogP) is 3.04. The standard InChI is InChI=1S/C19H22N2O2/c1-14(19(22)21-13-17-8-4-5-11-20-17)23-18-10-9-15-6-2-3-7-16(15)12-18/h4-5,8-12,14H,2-3,6-7,13H2,1H3,(H,21,22). The van der Waals surface area contributed by atoms with Crippen molar-refractivity contribution >= 4 is 5.91 Å². The number of amides is 1. The van der Waals surface area contributed by atoms with Crippen LogP contribution in [0.3, 0.4) is 0 Å². The number of nitrogens with one attached hydrogen (secondary N) is 1. The van der Waals surface area contributed by atoms with Crippen molar-refractivity contribution in [1.29, 1.82) is 0 Å².